The van der Waals surface area contributed by atoms with Gasteiger partial charge < -0.3 is 10.5 Å². The first kappa shape index (κ1) is 13.6. The highest BCUT2D eigenvalue weighted by Crippen LogP contribution is 2.22. The third-order valence-electron chi connectivity index (χ3n) is 2.58. The summed E-state index contributed by atoms with van der Waals surface area (Å²) in [5.74, 6) is 0.923. The zero-order valence-corrected chi connectivity index (χ0v) is 11.1. The number of rotatable bonds is 6. The molecule has 1 unspecified atom stereocenters. The lowest BCUT2D eigenvalue weighted by Crippen LogP contribution is -2.26. The zero-order chi connectivity index (χ0) is 12.0. The molecule has 0 aromatic heterocycles. The Kier molecular flexibility index (Phi) is 5.88. The van der Waals surface area contributed by atoms with Crippen LogP contribution < -0.4 is 5.73 Å². The summed E-state index contributed by atoms with van der Waals surface area (Å²) in [6.45, 7) is 7.60. The summed E-state index contributed by atoms with van der Waals surface area (Å²) in [6, 6.07) is 6.54. The van der Waals surface area contributed by atoms with Crippen molar-refractivity contribution >= 4 is 11.8 Å². The van der Waals surface area contributed by atoms with Crippen molar-refractivity contribution in [3.63, 3.8) is 0 Å². The molecule has 1 aromatic carbocycles. The average Bonchev–Trinajstić information content (AvgIpc) is 2.28. The Bertz CT molecular complexity index is 328. The van der Waals surface area contributed by atoms with Gasteiger partial charge in [0.2, 0.25) is 0 Å². The Morgan fingerprint density at radius 3 is 2.62 bits per heavy atom. The van der Waals surface area contributed by atoms with Crippen LogP contribution in [0.4, 0.5) is 0 Å². The fraction of sp³-hybridized carbons (Fsp3) is 0.538. The van der Waals surface area contributed by atoms with Crippen molar-refractivity contribution in [1.29, 1.82) is 0 Å². The van der Waals surface area contributed by atoms with Gasteiger partial charge >= 0.3 is 0 Å². The van der Waals surface area contributed by atoms with Gasteiger partial charge in [-0.25, -0.2) is 0 Å². The average molecular weight is 239 g/mol. The van der Waals surface area contributed by atoms with E-state index >= 15 is 0 Å². The molecule has 0 spiro atoms. The Morgan fingerprint density at radius 2 is 2.06 bits per heavy atom. The van der Waals surface area contributed by atoms with Gasteiger partial charge in [0, 0.05) is 23.8 Å². The van der Waals surface area contributed by atoms with Gasteiger partial charge in [-0.1, -0.05) is 6.07 Å². The van der Waals surface area contributed by atoms with Crippen LogP contribution in [0, 0.1) is 13.8 Å². The van der Waals surface area contributed by atoms with Crippen molar-refractivity contribution in [1.82, 2.24) is 0 Å². The fourth-order valence-corrected chi connectivity index (χ4v) is 2.45. The Balaban J connectivity index is 2.50. The summed E-state index contributed by atoms with van der Waals surface area (Å²) in [5.41, 5.74) is 8.31. The van der Waals surface area contributed by atoms with Crippen molar-refractivity contribution in [2.24, 2.45) is 5.73 Å². The third kappa shape index (κ3) is 4.16. The number of hydrogen-bond donors (Lipinski definition) is 1. The number of ether oxygens (including phenoxy) is 1. The molecule has 0 fully saturated rings. The molecule has 3 heteroatoms. The molecule has 0 saturated heterocycles. The summed E-state index contributed by atoms with van der Waals surface area (Å²) in [7, 11) is 0. The van der Waals surface area contributed by atoms with Crippen LogP contribution in [0.15, 0.2) is 23.1 Å². The van der Waals surface area contributed by atoms with Crippen LogP contribution in [-0.4, -0.2) is 25.0 Å². The molecule has 2 N–H and O–H groups in total. The molecule has 0 radical (unpaired) electrons. The van der Waals surface area contributed by atoms with E-state index in [1.807, 2.05) is 18.7 Å². The molecule has 0 bridgehead atoms. The van der Waals surface area contributed by atoms with Crippen LogP contribution in [0.2, 0.25) is 0 Å². The molecule has 0 aliphatic rings. The van der Waals surface area contributed by atoms with Gasteiger partial charge in [0.1, 0.15) is 0 Å². The number of thioether (sulfide) groups is 1. The molecule has 1 aromatic rings. The van der Waals surface area contributed by atoms with E-state index < -0.39 is 0 Å². The van der Waals surface area contributed by atoms with E-state index in [9.17, 15) is 0 Å². The molecule has 0 saturated carbocycles. The fourth-order valence-electron chi connectivity index (χ4n) is 1.41. The van der Waals surface area contributed by atoms with Gasteiger partial charge in [0.15, 0.2) is 0 Å². The molecule has 2 nitrogen and oxygen atoms in total. The molecule has 1 atom stereocenters. The molecule has 0 amide bonds. The van der Waals surface area contributed by atoms with Gasteiger partial charge in [-0.3, -0.25) is 0 Å². The second kappa shape index (κ2) is 6.94. The maximum absolute atomic E-state index is 5.64. The molecule has 1 rings (SSSR count). The maximum Gasteiger partial charge on any atom is 0.0790 e. The van der Waals surface area contributed by atoms with Gasteiger partial charge in [0.25, 0.3) is 0 Å². The van der Waals surface area contributed by atoms with E-state index in [0.29, 0.717) is 6.54 Å². The van der Waals surface area contributed by atoms with Crippen LogP contribution >= 0.6 is 11.8 Å². The maximum atomic E-state index is 5.64. The molecule has 16 heavy (non-hydrogen) atoms. The lowest BCUT2D eigenvalue weighted by Gasteiger charge is -2.14. The molecule has 90 valence electrons. The van der Waals surface area contributed by atoms with Crippen LogP contribution in [0.1, 0.15) is 18.1 Å². The highest BCUT2D eigenvalue weighted by molar-refractivity contribution is 7.99. The van der Waals surface area contributed by atoms with Crippen LogP contribution in [0.25, 0.3) is 0 Å². The first-order valence-corrected chi connectivity index (χ1v) is 6.67. The van der Waals surface area contributed by atoms with E-state index in [1.165, 1.54) is 16.0 Å². The third-order valence-corrected chi connectivity index (χ3v) is 3.71. The predicted molar refractivity (Wildman–Crippen MR) is 71.1 cm³/mol. The van der Waals surface area contributed by atoms with Crippen molar-refractivity contribution in [2.75, 3.05) is 18.9 Å². The topological polar surface area (TPSA) is 35.2 Å². The largest absolute Gasteiger partial charge is 0.376 e. The van der Waals surface area contributed by atoms with E-state index in [4.69, 9.17) is 10.5 Å². The van der Waals surface area contributed by atoms with Crippen molar-refractivity contribution in [3.8, 4) is 0 Å². The standard InChI is InChI=1S/C13H21NOS/c1-4-15-12(8-14)9-16-13-6-5-10(2)11(3)7-13/h5-7,12H,4,8-9,14H2,1-3H3. The predicted octanol–water partition coefficient (Wildman–Crippen LogP) is 2.76. The van der Waals surface area contributed by atoms with Gasteiger partial charge in [-0.2, -0.15) is 0 Å². The first-order valence-electron chi connectivity index (χ1n) is 5.69. The number of hydrogen-bond acceptors (Lipinski definition) is 3. The van der Waals surface area contributed by atoms with E-state index in [1.54, 1.807) is 0 Å². The van der Waals surface area contributed by atoms with Gasteiger partial charge in [0.05, 0.1) is 6.10 Å². The van der Waals surface area contributed by atoms with Gasteiger partial charge in [-0.15, -0.1) is 11.8 Å². The highest BCUT2D eigenvalue weighted by atomic mass is 32.2. The second-order valence-electron chi connectivity index (χ2n) is 3.87. The summed E-state index contributed by atoms with van der Waals surface area (Å²) in [5, 5.41) is 0. The molecular weight excluding hydrogens is 218 g/mol. The summed E-state index contributed by atoms with van der Waals surface area (Å²) in [4.78, 5) is 1.29. The first-order chi connectivity index (χ1) is 7.67. The smallest absolute Gasteiger partial charge is 0.0790 e. The molecule has 0 aliphatic carbocycles. The van der Waals surface area contributed by atoms with Crippen molar-refractivity contribution in [3.05, 3.63) is 29.3 Å². The zero-order valence-electron chi connectivity index (χ0n) is 10.3. The molecule has 0 heterocycles. The van der Waals surface area contributed by atoms with Crippen LogP contribution in [0.3, 0.4) is 0 Å². The highest BCUT2D eigenvalue weighted by Gasteiger charge is 2.06. The lowest BCUT2D eigenvalue weighted by molar-refractivity contribution is 0.0858. The Morgan fingerprint density at radius 1 is 1.31 bits per heavy atom. The van der Waals surface area contributed by atoms with E-state index in [0.717, 1.165) is 12.4 Å². The SMILES string of the molecule is CCOC(CN)CSc1ccc(C)c(C)c1. The van der Waals surface area contributed by atoms with Crippen LogP contribution in [-0.2, 0) is 4.74 Å². The number of nitrogens with two attached hydrogens (primary N) is 1. The van der Waals surface area contributed by atoms with E-state index in [-0.39, 0.29) is 6.10 Å². The quantitative estimate of drug-likeness (QED) is 0.775. The summed E-state index contributed by atoms with van der Waals surface area (Å²) >= 11 is 1.81. The number of benzene rings is 1. The number of aryl methyl sites for hydroxylation is 2. The Hall–Kier alpha value is -0.510. The van der Waals surface area contributed by atoms with Crippen LogP contribution in [0.5, 0.6) is 0 Å². The van der Waals surface area contributed by atoms with Crippen molar-refractivity contribution in [2.45, 2.75) is 31.8 Å². The lowest BCUT2D eigenvalue weighted by atomic mass is 10.1. The Labute approximate surface area is 103 Å². The monoisotopic (exact) mass is 239 g/mol. The summed E-state index contributed by atoms with van der Waals surface area (Å²) in [6.07, 6.45) is 0.164. The van der Waals surface area contributed by atoms with Crippen molar-refractivity contribution < 1.29 is 4.74 Å². The van der Waals surface area contributed by atoms with Gasteiger partial charge in [-0.05, 0) is 44.0 Å². The molecular formula is C13H21NOS. The van der Waals surface area contributed by atoms with E-state index in [2.05, 4.69) is 32.0 Å². The molecule has 0 aliphatic heterocycles. The summed E-state index contributed by atoms with van der Waals surface area (Å²) < 4.78 is 5.52. The normalized spacial score (nSPS) is 12.8. The minimum Gasteiger partial charge on any atom is -0.376 e. The second-order valence-corrected chi connectivity index (χ2v) is 4.96. The minimum atomic E-state index is 0.164. The minimum absolute atomic E-state index is 0.164.